The van der Waals surface area contributed by atoms with Gasteiger partial charge in [0.05, 0.1) is 16.3 Å². The summed E-state index contributed by atoms with van der Waals surface area (Å²) in [7, 11) is 0. The molecular formula is C11H8ClNOS. The Balaban J connectivity index is 2.15. The molecule has 0 aliphatic carbocycles. The first-order valence-corrected chi connectivity index (χ1v) is 5.69. The second kappa shape index (κ2) is 4.55. The molecule has 2 nitrogen and oxygen atoms in total. The molecule has 0 aromatic carbocycles. The Morgan fingerprint density at radius 1 is 1.40 bits per heavy atom. The monoisotopic (exact) mass is 237 g/mol. The molecule has 15 heavy (non-hydrogen) atoms. The lowest BCUT2D eigenvalue weighted by atomic mass is 10.2. The molecule has 4 heteroatoms. The normalized spacial score (nSPS) is 10.2. The summed E-state index contributed by atoms with van der Waals surface area (Å²) in [5.74, 6) is 0.0219. The SMILES string of the molecule is O=C(Cc1ccccn1)c1sccc1Cl. The van der Waals surface area contributed by atoms with Gasteiger partial charge in [-0.05, 0) is 23.6 Å². The highest BCUT2D eigenvalue weighted by atomic mass is 35.5. The van der Waals surface area contributed by atoms with Gasteiger partial charge in [0.2, 0.25) is 0 Å². The van der Waals surface area contributed by atoms with Gasteiger partial charge in [-0.1, -0.05) is 17.7 Å². The molecule has 0 N–H and O–H groups in total. The predicted molar refractivity (Wildman–Crippen MR) is 61.6 cm³/mol. The van der Waals surface area contributed by atoms with E-state index in [9.17, 15) is 4.79 Å². The van der Waals surface area contributed by atoms with E-state index >= 15 is 0 Å². The zero-order valence-corrected chi connectivity index (χ0v) is 9.39. The average Bonchev–Trinajstić information content (AvgIpc) is 2.66. The van der Waals surface area contributed by atoms with E-state index in [0.29, 0.717) is 16.3 Å². The van der Waals surface area contributed by atoms with Gasteiger partial charge in [0.15, 0.2) is 5.78 Å². The molecule has 0 amide bonds. The highest BCUT2D eigenvalue weighted by Gasteiger charge is 2.12. The summed E-state index contributed by atoms with van der Waals surface area (Å²) in [5, 5.41) is 2.34. The Morgan fingerprint density at radius 2 is 2.27 bits per heavy atom. The molecule has 0 saturated heterocycles. The van der Waals surface area contributed by atoms with Gasteiger partial charge >= 0.3 is 0 Å². The molecule has 0 saturated carbocycles. The third kappa shape index (κ3) is 2.43. The number of pyridine rings is 1. The molecule has 0 fully saturated rings. The van der Waals surface area contributed by atoms with Crippen LogP contribution in [0.4, 0.5) is 0 Å². The molecule has 0 spiro atoms. The summed E-state index contributed by atoms with van der Waals surface area (Å²) >= 11 is 7.24. The number of hydrogen-bond donors (Lipinski definition) is 0. The van der Waals surface area contributed by atoms with Gasteiger partial charge in [0, 0.05) is 11.9 Å². The van der Waals surface area contributed by atoms with Gasteiger partial charge in [-0.15, -0.1) is 11.3 Å². The van der Waals surface area contributed by atoms with Crippen LogP contribution in [0.25, 0.3) is 0 Å². The van der Waals surface area contributed by atoms with Crippen molar-refractivity contribution in [3.8, 4) is 0 Å². The van der Waals surface area contributed by atoms with Crippen molar-refractivity contribution in [1.82, 2.24) is 4.98 Å². The van der Waals surface area contributed by atoms with E-state index in [1.807, 2.05) is 23.6 Å². The van der Waals surface area contributed by atoms with E-state index in [1.165, 1.54) is 11.3 Å². The van der Waals surface area contributed by atoms with E-state index in [0.717, 1.165) is 5.69 Å². The highest BCUT2D eigenvalue weighted by Crippen LogP contribution is 2.23. The molecule has 0 radical (unpaired) electrons. The Bertz CT molecular complexity index is 466. The van der Waals surface area contributed by atoms with Crippen LogP contribution in [-0.2, 0) is 6.42 Å². The maximum Gasteiger partial charge on any atom is 0.180 e. The molecule has 2 rings (SSSR count). The maximum atomic E-state index is 11.8. The summed E-state index contributed by atoms with van der Waals surface area (Å²) in [6, 6.07) is 7.26. The topological polar surface area (TPSA) is 30.0 Å². The van der Waals surface area contributed by atoms with Crippen LogP contribution in [0.5, 0.6) is 0 Å². The van der Waals surface area contributed by atoms with Crippen LogP contribution in [0.2, 0.25) is 5.02 Å². The number of rotatable bonds is 3. The van der Waals surface area contributed by atoms with Crippen LogP contribution in [0.3, 0.4) is 0 Å². The minimum Gasteiger partial charge on any atom is -0.293 e. The largest absolute Gasteiger partial charge is 0.293 e. The Labute approximate surface area is 96.5 Å². The molecule has 0 atom stereocenters. The highest BCUT2D eigenvalue weighted by molar-refractivity contribution is 7.12. The van der Waals surface area contributed by atoms with Crippen molar-refractivity contribution < 1.29 is 4.79 Å². The van der Waals surface area contributed by atoms with Crippen molar-refractivity contribution in [3.05, 3.63) is 51.4 Å². The van der Waals surface area contributed by atoms with Crippen molar-refractivity contribution in [3.63, 3.8) is 0 Å². The lowest BCUT2D eigenvalue weighted by Crippen LogP contribution is -2.03. The Hall–Kier alpha value is -1.19. The predicted octanol–water partition coefficient (Wildman–Crippen LogP) is 3.22. The molecule has 76 valence electrons. The van der Waals surface area contributed by atoms with Crippen molar-refractivity contribution in [2.75, 3.05) is 0 Å². The zero-order valence-electron chi connectivity index (χ0n) is 7.81. The summed E-state index contributed by atoms with van der Waals surface area (Å²) < 4.78 is 0. The van der Waals surface area contributed by atoms with Crippen molar-refractivity contribution >= 4 is 28.7 Å². The fourth-order valence-electron chi connectivity index (χ4n) is 1.24. The Kier molecular flexibility index (Phi) is 3.14. The minimum atomic E-state index is 0.0219. The van der Waals surface area contributed by atoms with Crippen LogP contribution in [0.15, 0.2) is 35.8 Å². The van der Waals surface area contributed by atoms with Gasteiger partial charge < -0.3 is 0 Å². The van der Waals surface area contributed by atoms with Crippen LogP contribution in [0.1, 0.15) is 15.4 Å². The van der Waals surface area contributed by atoms with Crippen LogP contribution in [-0.4, -0.2) is 10.8 Å². The quantitative estimate of drug-likeness (QED) is 0.768. The fraction of sp³-hybridized carbons (Fsp3) is 0.0909. The molecule has 2 aromatic rings. The Morgan fingerprint density at radius 3 is 2.87 bits per heavy atom. The van der Waals surface area contributed by atoms with Gasteiger partial charge in [-0.3, -0.25) is 9.78 Å². The van der Waals surface area contributed by atoms with E-state index < -0.39 is 0 Å². The molecular weight excluding hydrogens is 230 g/mol. The van der Waals surface area contributed by atoms with E-state index in [-0.39, 0.29) is 5.78 Å². The third-order valence-corrected chi connectivity index (χ3v) is 3.32. The van der Waals surface area contributed by atoms with Gasteiger partial charge in [0.25, 0.3) is 0 Å². The van der Waals surface area contributed by atoms with Crippen molar-refractivity contribution in [2.45, 2.75) is 6.42 Å². The van der Waals surface area contributed by atoms with Crippen molar-refractivity contribution in [2.24, 2.45) is 0 Å². The first-order valence-electron chi connectivity index (χ1n) is 4.43. The lowest BCUT2D eigenvalue weighted by molar-refractivity contribution is 0.0996. The number of ketones is 1. The van der Waals surface area contributed by atoms with Crippen molar-refractivity contribution in [1.29, 1.82) is 0 Å². The first kappa shape index (κ1) is 10.3. The number of aromatic nitrogens is 1. The van der Waals surface area contributed by atoms with Gasteiger partial charge in [0.1, 0.15) is 0 Å². The average molecular weight is 238 g/mol. The first-order chi connectivity index (χ1) is 7.27. The number of nitrogens with zero attached hydrogens (tertiary/aromatic N) is 1. The number of Topliss-reactive ketones (excluding diaryl/α,β-unsaturated/α-hetero) is 1. The number of carbonyl (C=O) groups excluding carboxylic acids is 1. The second-order valence-electron chi connectivity index (χ2n) is 3.02. The molecule has 2 aromatic heterocycles. The number of carbonyl (C=O) groups is 1. The number of hydrogen-bond acceptors (Lipinski definition) is 3. The van der Waals surface area contributed by atoms with Crippen LogP contribution < -0.4 is 0 Å². The van der Waals surface area contributed by atoms with E-state index in [2.05, 4.69) is 4.98 Å². The van der Waals surface area contributed by atoms with E-state index in [1.54, 1.807) is 12.3 Å². The molecule has 2 heterocycles. The smallest absolute Gasteiger partial charge is 0.180 e. The summed E-state index contributed by atoms with van der Waals surface area (Å²) in [6.07, 6.45) is 1.99. The van der Waals surface area contributed by atoms with Crippen LogP contribution >= 0.6 is 22.9 Å². The second-order valence-corrected chi connectivity index (χ2v) is 4.34. The summed E-state index contributed by atoms with van der Waals surface area (Å²) in [6.45, 7) is 0. The fourth-order valence-corrected chi connectivity index (χ4v) is 2.34. The summed E-state index contributed by atoms with van der Waals surface area (Å²) in [4.78, 5) is 16.5. The maximum absolute atomic E-state index is 11.8. The van der Waals surface area contributed by atoms with Crippen LogP contribution in [0, 0.1) is 0 Å². The molecule has 0 unspecified atom stereocenters. The number of halogens is 1. The number of thiophene rings is 1. The molecule has 0 aliphatic heterocycles. The molecule has 0 bridgehead atoms. The van der Waals surface area contributed by atoms with E-state index in [4.69, 9.17) is 11.6 Å². The minimum absolute atomic E-state index is 0.0219. The summed E-state index contributed by atoms with van der Waals surface area (Å²) in [5.41, 5.74) is 0.770. The third-order valence-electron chi connectivity index (χ3n) is 1.94. The standard InChI is InChI=1S/C11H8ClNOS/c12-9-4-6-15-11(9)10(14)7-8-3-1-2-5-13-8/h1-6H,7H2. The zero-order chi connectivity index (χ0) is 10.7. The van der Waals surface area contributed by atoms with Gasteiger partial charge in [-0.2, -0.15) is 0 Å². The molecule has 0 aliphatic rings. The lowest BCUT2D eigenvalue weighted by Gasteiger charge is -1.98. The van der Waals surface area contributed by atoms with Gasteiger partial charge in [-0.25, -0.2) is 0 Å².